The Balaban J connectivity index is 1.63. The quantitative estimate of drug-likeness (QED) is 0.221. The van der Waals surface area contributed by atoms with Crippen molar-refractivity contribution in [1.29, 1.82) is 0 Å². The summed E-state index contributed by atoms with van der Waals surface area (Å²) in [6, 6.07) is 8.00. The fraction of sp³-hybridized carbons (Fsp3) is 0.400. The van der Waals surface area contributed by atoms with Gasteiger partial charge in [-0.25, -0.2) is 15.0 Å². The third kappa shape index (κ3) is 4.26. The van der Waals surface area contributed by atoms with Gasteiger partial charge in [-0.05, 0) is 49.4 Å². The Kier molecular flexibility index (Phi) is 5.91. The number of pyridine rings is 1. The Labute approximate surface area is 201 Å². The molecule has 0 spiro atoms. The van der Waals surface area contributed by atoms with Crippen LogP contribution in [-0.4, -0.2) is 20.6 Å². The van der Waals surface area contributed by atoms with Crippen LogP contribution in [0.1, 0.15) is 50.1 Å². The summed E-state index contributed by atoms with van der Waals surface area (Å²) in [5.41, 5.74) is 5.86. The van der Waals surface area contributed by atoms with Gasteiger partial charge < -0.3 is 4.74 Å². The fourth-order valence-electron chi connectivity index (χ4n) is 4.24. The maximum atomic E-state index is 6.19. The number of nitrogens with zero attached hydrogens (tertiary/aromatic N) is 3. The summed E-state index contributed by atoms with van der Waals surface area (Å²) in [5.74, 6) is 1.38. The lowest BCUT2D eigenvalue weighted by Crippen LogP contribution is -2.33. The molecule has 4 nitrogen and oxygen atoms in total. The summed E-state index contributed by atoms with van der Waals surface area (Å²) in [6.45, 7) is 9.44. The minimum Gasteiger partial charge on any atom is -0.370 e. The van der Waals surface area contributed by atoms with E-state index in [4.69, 9.17) is 26.3 Å². The minimum absolute atomic E-state index is 0.191. The lowest BCUT2D eigenvalue weighted by molar-refractivity contribution is -0.0402. The highest BCUT2D eigenvalue weighted by Gasteiger charge is 2.31. The van der Waals surface area contributed by atoms with Crippen LogP contribution in [0.4, 0.5) is 0 Å². The van der Waals surface area contributed by atoms with Gasteiger partial charge in [0.05, 0.1) is 22.4 Å². The van der Waals surface area contributed by atoms with Crippen molar-refractivity contribution in [3.05, 3.63) is 58.0 Å². The molecule has 1 aliphatic rings. The predicted molar refractivity (Wildman–Crippen MR) is 135 cm³/mol. The van der Waals surface area contributed by atoms with Crippen LogP contribution in [0.25, 0.3) is 20.4 Å². The second-order valence-corrected chi connectivity index (χ2v) is 11.8. The highest BCUT2D eigenvalue weighted by Crippen LogP contribution is 2.43. The molecule has 1 aliphatic heterocycles. The monoisotopic (exact) mass is 483 g/mol. The van der Waals surface area contributed by atoms with E-state index in [9.17, 15) is 0 Å². The molecule has 166 valence electrons. The van der Waals surface area contributed by atoms with Crippen LogP contribution in [0.3, 0.4) is 0 Å². The number of thioether (sulfide) groups is 1. The normalized spacial score (nSPS) is 15.6. The van der Waals surface area contributed by atoms with Gasteiger partial charge in [-0.15, -0.1) is 23.1 Å². The molecule has 0 N–H and O–H groups in total. The van der Waals surface area contributed by atoms with E-state index in [-0.39, 0.29) is 5.60 Å². The zero-order valence-electron chi connectivity index (χ0n) is 18.7. The number of rotatable bonds is 5. The largest absolute Gasteiger partial charge is 0.370 e. The van der Waals surface area contributed by atoms with Crippen molar-refractivity contribution < 1.29 is 4.74 Å². The molecule has 4 heterocycles. The van der Waals surface area contributed by atoms with Gasteiger partial charge >= 0.3 is 0 Å². The fourth-order valence-corrected chi connectivity index (χ4v) is 6.58. The average Bonchev–Trinajstić information content (AvgIpc) is 3.11. The second kappa shape index (κ2) is 8.56. The molecule has 3 aromatic heterocycles. The van der Waals surface area contributed by atoms with Crippen molar-refractivity contribution >= 4 is 55.1 Å². The van der Waals surface area contributed by atoms with Crippen LogP contribution in [-0.2, 0) is 29.9 Å². The first-order valence-corrected chi connectivity index (χ1v) is 13.1. The van der Waals surface area contributed by atoms with E-state index in [1.165, 1.54) is 27.8 Å². The molecule has 32 heavy (non-hydrogen) atoms. The molecule has 0 aliphatic carbocycles. The summed E-state index contributed by atoms with van der Waals surface area (Å²) in [5, 5.41) is 2.96. The third-order valence-electron chi connectivity index (χ3n) is 5.77. The van der Waals surface area contributed by atoms with Crippen LogP contribution in [0, 0.1) is 5.92 Å². The highest BCUT2D eigenvalue weighted by molar-refractivity contribution is 7.98. The average molecular weight is 484 g/mol. The summed E-state index contributed by atoms with van der Waals surface area (Å²) in [7, 11) is 0. The summed E-state index contributed by atoms with van der Waals surface area (Å²) < 4.78 is 7.32. The standard InChI is InChI=1S/C25H26ClN3OS2/c1-14(2)9-19-18-11-30-25(3,4)10-17(18)20-21-22(32-23(20)29-19)24(28-13-27-21)31-12-15-5-7-16(26)8-6-15/h5-8,13-14H,9-12H2,1-4H3. The topological polar surface area (TPSA) is 47.9 Å². The first-order valence-electron chi connectivity index (χ1n) is 10.9. The Morgan fingerprint density at radius 2 is 1.94 bits per heavy atom. The van der Waals surface area contributed by atoms with E-state index in [0.29, 0.717) is 12.5 Å². The second-order valence-electron chi connectivity index (χ2n) is 9.39. The molecule has 5 rings (SSSR count). The molecule has 0 amide bonds. The van der Waals surface area contributed by atoms with Crippen LogP contribution in [0.2, 0.25) is 5.02 Å². The lowest BCUT2D eigenvalue weighted by Gasteiger charge is -2.33. The van der Waals surface area contributed by atoms with Crippen molar-refractivity contribution in [2.24, 2.45) is 5.92 Å². The number of hydrogen-bond donors (Lipinski definition) is 0. The van der Waals surface area contributed by atoms with Crippen LogP contribution >= 0.6 is 34.7 Å². The first kappa shape index (κ1) is 22.1. The highest BCUT2D eigenvalue weighted by atomic mass is 35.5. The van der Waals surface area contributed by atoms with Gasteiger partial charge in [0.1, 0.15) is 16.2 Å². The van der Waals surface area contributed by atoms with Crippen LogP contribution in [0.5, 0.6) is 0 Å². The number of hydrogen-bond acceptors (Lipinski definition) is 6. The number of aromatic nitrogens is 3. The lowest BCUT2D eigenvalue weighted by atomic mass is 9.88. The summed E-state index contributed by atoms with van der Waals surface area (Å²) in [6.07, 6.45) is 3.52. The van der Waals surface area contributed by atoms with Crippen LogP contribution < -0.4 is 0 Å². The third-order valence-corrected chi connectivity index (χ3v) is 8.29. The zero-order chi connectivity index (χ0) is 22.5. The number of ether oxygens (including phenoxy) is 1. The zero-order valence-corrected chi connectivity index (χ0v) is 21.1. The molecule has 4 aromatic rings. The molecule has 1 aromatic carbocycles. The Hall–Kier alpha value is -1.73. The molecule has 0 bridgehead atoms. The minimum atomic E-state index is -0.191. The molecule has 0 saturated heterocycles. The van der Waals surface area contributed by atoms with E-state index in [1.807, 2.05) is 12.1 Å². The van der Waals surface area contributed by atoms with Crippen molar-refractivity contribution in [2.45, 2.75) is 63.5 Å². The van der Waals surface area contributed by atoms with Gasteiger partial charge in [0.15, 0.2) is 0 Å². The number of thiophene rings is 1. The maximum Gasteiger partial charge on any atom is 0.126 e. The molecule has 7 heteroatoms. The van der Waals surface area contributed by atoms with Crippen molar-refractivity contribution in [1.82, 2.24) is 15.0 Å². The van der Waals surface area contributed by atoms with Crippen molar-refractivity contribution in [3.63, 3.8) is 0 Å². The molecule has 0 unspecified atom stereocenters. The van der Waals surface area contributed by atoms with E-state index in [2.05, 4.69) is 44.8 Å². The van der Waals surface area contributed by atoms with E-state index in [1.54, 1.807) is 29.4 Å². The van der Waals surface area contributed by atoms with Gasteiger partial charge in [0, 0.05) is 33.8 Å². The maximum absolute atomic E-state index is 6.19. The summed E-state index contributed by atoms with van der Waals surface area (Å²) in [4.78, 5) is 15.6. The molecule has 0 saturated carbocycles. The Morgan fingerprint density at radius 3 is 2.69 bits per heavy atom. The number of benzene rings is 1. The van der Waals surface area contributed by atoms with Gasteiger partial charge in [0.2, 0.25) is 0 Å². The first-order chi connectivity index (χ1) is 15.3. The van der Waals surface area contributed by atoms with Gasteiger partial charge in [-0.1, -0.05) is 37.6 Å². The van der Waals surface area contributed by atoms with Crippen molar-refractivity contribution in [3.8, 4) is 0 Å². The van der Waals surface area contributed by atoms with E-state index < -0.39 is 0 Å². The van der Waals surface area contributed by atoms with Gasteiger partial charge in [-0.2, -0.15) is 0 Å². The summed E-state index contributed by atoms with van der Waals surface area (Å²) >= 11 is 9.49. The Bertz CT molecular complexity index is 1300. The molecule has 0 fully saturated rings. The molecular weight excluding hydrogens is 458 g/mol. The molecule has 0 atom stereocenters. The SMILES string of the molecule is CC(C)Cc1nc2sc3c(SCc4ccc(Cl)cc4)ncnc3c2c2c1COC(C)(C)C2. The molecular formula is C25H26ClN3OS2. The van der Waals surface area contributed by atoms with Gasteiger partial charge in [-0.3, -0.25) is 0 Å². The predicted octanol–water partition coefficient (Wildman–Crippen LogP) is 7.24. The molecule has 0 radical (unpaired) electrons. The van der Waals surface area contributed by atoms with E-state index in [0.717, 1.165) is 43.7 Å². The smallest absolute Gasteiger partial charge is 0.126 e. The van der Waals surface area contributed by atoms with Crippen LogP contribution in [0.15, 0.2) is 35.6 Å². The van der Waals surface area contributed by atoms with Gasteiger partial charge in [0.25, 0.3) is 0 Å². The van der Waals surface area contributed by atoms with Crippen molar-refractivity contribution in [2.75, 3.05) is 0 Å². The van der Waals surface area contributed by atoms with E-state index >= 15 is 0 Å². The number of halogens is 1. The Morgan fingerprint density at radius 1 is 1.16 bits per heavy atom. The number of fused-ring (bicyclic) bond motifs is 5.